The van der Waals surface area contributed by atoms with Gasteiger partial charge in [0.25, 0.3) is 0 Å². The summed E-state index contributed by atoms with van der Waals surface area (Å²) in [6.45, 7) is 5.32. The van der Waals surface area contributed by atoms with Crippen LogP contribution in [-0.2, 0) is 17.6 Å². The van der Waals surface area contributed by atoms with E-state index in [1.165, 1.54) is 5.56 Å². The van der Waals surface area contributed by atoms with Crippen LogP contribution < -0.4 is 4.90 Å². The van der Waals surface area contributed by atoms with Crippen LogP contribution in [0, 0.1) is 11.3 Å². The highest BCUT2D eigenvalue weighted by Gasteiger charge is 2.20. The lowest BCUT2D eigenvalue weighted by Gasteiger charge is -2.23. The van der Waals surface area contributed by atoms with Crippen molar-refractivity contribution in [3.8, 4) is 16.6 Å². The third-order valence-corrected chi connectivity index (χ3v) is 6.64. The Morgan fingerprint density at radius 3 is 2.55 bits per heavy atom. The molecule has 0 saturated carbocycles. The highest BCUT2D eigenvalue weighted by molar-refractivity contribution is 7.13. The fourth-order valence-corrected chi connectivity index (χ4v) is 4.67. The van der Waals surface area contributed by atoms with Crippen molar-refractivity contribution in [1.82, 2.24) is 9.88 Å². The zero-order chi connectivity index (χ0) is 21.6. The van der Waals surface area contributed by atoms with Crippen molar-refractivity contribution in [2.45, 2.75) is 26.2 Å². The molecular weight excluding hydrogens is 404 g/mol. The van der Waals surface area contributed by atoms with E-state index in [9.17, 15) is 4.79 Å². The molecule has 2 aromatic carbocycles. The summed E-state index contributed by atoms with van der Waals surface area (Å²) in [6.07, 6.45) is 2.30. The van der Waals surface area contributed by atoms with Gasteiger partial charge in [0.15, 0.2) is 0 Å². The predicted molar refractivity (Wildman–Crippen MR) is 125 cm³/mol. The summed E-state index contributed by atoms with van der Waals surface area (Å²) < 4.78 is 0. The molecular formula is C25H26N4OS. The number of hydrogen-bond donors (Lipinski definition) is 0. The number of benzene rings is 2. The lowest BCUT2D eigenvalue weighted by Crippen LogP contribution is -2.36. The second kappa shape index (κ2) is 9.76. The van der Waals surface area contributed by atoms with Crippen LogP contribution in [0.2, 0.25) is 0 Å². The first-order valence-corrected chi connectivity index (χ1v) is 11.6. The van der Waals surface area contributed by atoms with Gasteiger partial charge in [-0.15, -0.1) is 11.3 Å². The van der Waals surface area contributed by atoms with Crippen molar-refractivity contribution in [2.24, 2.45) is 0 Å². The van der Waals surface area contributed by atoms with Crippen molar-refractivity contribution >= 4 is 22.9 Å². The molecule has 1 amide bonds. The molecule has 6 heteroatoms. The van der Waals surface area contributed by atoms with E-state index in [1.807, 2.05) is 34.5 Å². The molecule has 0 aliphatic carbocycles. The van der Waals surface area contributed by atoms with E-state index in [2.05, 4.69) is 42.2 Å². The number of rotatable bonds is 5. The van der Waals surface area contributed by atoms with E-state index in [0.29, 0.717) is 18.5 Å². The summed E-state index contributed by atoms with van der Waals surface area (Å²) in [6, 6.07) is 18.3. The Morgan fingerprint density at radius 1 is 1.06 bits per heavy atom. The summed E-state index contributed by atoms with van der Waals surface area (Å²) in [7, 11) is 0. The number of amides is 1. The van der Waals surface area contributed by atoms with Gasteiger partial charge in [0, 0.05) is 42.8 Å². The summed E-state index contributed by atoms with van der Waals surface area (Å²) in [5.74, 6) is 0.139. The van der Waals surface area contributed by atoms with Crippen molar-refractivity contribution in [1.29, 1.82) is 5.26 Å². The van der Waals surface area contributed by atoms with Crippen LogP contribution in [0.4, 0.5) is 5.69 Å². The van der Waals surface area contributed by atoms with Crippen molar-refractivity contribution in [3.63, 3.8) is 0 Å². The first-order valence-electron chi connectivity index (χ1n) is 10.7. The number of carbonyl (C=O) groups is 1. The Kier molecular flexibility index (Phi) is 6.63. The number of carbonyl (C=O) groups excluding carboxylic acids is 1. The van der Waals surface area contributed by atoms with E-state index >= 15 is 0 Å². The smallest absolute Gasteiger partial charge is 0.228 e. The second-order valence-corrected chi connectivity index (χ2v) is 8.61. The second-order valence-electron chi connectivity index (χ2n) is 7.75. The molecule has 1 fully saturated rings. The normalized spacial score (nSPS) is 14.2. The van der Waals surface area contributed by atoms with Crippen LogP contribution in [0.5, 0.6) is 0 Å². The van der Waals surface area contributed by atoms with Crippen LogP contribution in [0.15, 0.2) is 53.9 Å². The molecule has 0 atom stereocenters. The van der Waals surface area contributed by atoms with Gasteiger partial charge < -0.3 is 9.80 Å². The molecule has 0 radical (unpaired) electrons. The number of anilines is 1. The van der Waals surface area contributed by atoms with Gasteiger partial charge in [0.05, 0.1) is 23.7 Å². The molecule has 1 aliphatic heterocycles. The first-order chi connectivity index (χ1) is 15.2. The minimum Gasteiger partial charge on any atom is -0.370 e. The lowest BCUT2D eigenvalue weighted by atomic mass is 10.1. The number of aryl methyl sites for hydroxylation is 1. The van der Waals surface area contributed by atoms with E-state index in [0.717, 1.165) is 54.4 Å². The largest absolute Gasteiger partial charge is 0.370 e. The molecule has 0 bridgehead atoms. The minimum absolute atomic E-state index is 0.139. The molecule has 31 heavy (non-hydrogen) atoms. The van der Waals surface area contributed by atoms with Crippen LogP contribution in [0.1, 0.15) is 30.2 Å². The lowest BCUT2D eigenvalue weighted by molar-refractivity contribution is -0.130. The zero-order valence-electron chi connectivity index (χ0n) is 17.8. The summed E-state index contributed by atoms with van der Waals surface area (Å²) in [4.78, 5) is 21.9. The van der Waals surface area contributed by atoms with Gasteiger partial charge in [0.1, 0.15) is 5.01 Å². The first kappa shape index (κ1) is 21.1. The van der Waals surface area contributed by atoms with Gasteiger partial charge in [-0.05, 0) is 42.7 Å². The van der Waals surface area contributed by atoms with Crippen LogP contribution in [-0.4, -0.2) is 42.0 Å². The fraction of sp³-hybridized carbons (Fsp3) is 0.320. The maximum absolute atomic E-state index is 12.9. The number of thiazole rings is 1. The average Bonchev–Trinajstić information content (AvgIpc) is 3.13. The van der Waals surface area contributed by atoms with E-state index in [-0.39, 0.29) is 5.91 Å². The number of nitrogens with zero attached hydrogens (tertiary/aromatic N) is 4. The van der Waals surface area contributed by atoms with Crippen LogP contribution >= 0.6 is 11.3 Å². The molecule has 3 aromatic rings. The van der Waals surface area contributed by atoms with Crippen molar-refractivity contribution in [3.05, 3.63) is 70.7 Å². The molecule has 0 spiro atoms. The maximum Gasteiger partial charge on any atom is 0.228 e. The van der Waals surface area contributed by atoms with Gasteiger partial charge in [-0.1, -0.05) is 31.2 Å². The van der Waals surface area contributed by atoms with Gasteiger partial charge in [-0.2, -0.15) is 5.26 Å². The summed E-state index contributed by atoms with van der Waals surface area (Å²) in [5, 5.41) is 11.9. The molecule has 0 N–H and O–H groups in total. The molecule has 5 nitrogen and oxygen atoms in total. The predicted octanol–water partition coefficient (Wildman–Crippen LogP) is 4.53. The highest BCUT2D eigenvalue weighted by atomic mass is 32.1. The summed E-state index contributed by atoms with van der Waals surface area (Å²) in [5.41, 5.74) is 5.03. The Hall–Kier alpha value is -3.17. The molecule has 2 heterocycles. The Balaban J connectivity index is 1.35. The van der Waals surface area contributed by atoms with Crippen LogP contribution in [0.3, 0.4) is 0 Å². The average molecular weight is 431 g/mol. The number of nitriles is 1. The highest BCUT2D eigenvalue weighted by Crippen LogP contribution is 2.25. The topological polar surface area (TPSA) is 60.2 Å². The standard InChI is InChI=1S/C25H26N4OS/c1-2-19-4-8-21(9-5-19)25-27-22(18-31-25)16-24(30)29-13-3-12-28(14-15-29)23-10-6-20(17-26)7-11-23/h4-11,18H,2-3,12-16H2,1H3. The monoisotopic (exact) mass is 430 g/mol. The molecule has 1 saturated heterocycles. The summed E-state index contributed by atoms with van der Waals surface area (Å²) >= 11 is 1.60. The molecule has 4 rings (SSSR count). The third kappa shape index (κ3) is 5.12. The number of hydrogen-bond acceptors (Lipinski definition) is 5. The van der Waals surface area contributed by atoms with Crippen molar-refractivity contribution < 1.29 is 4.79 Å². The third-order valence-electron chi connectivity index (χ3n) is 5.70. The maximum atomic E-state index is 12.9. The fourth-order valence-electron chi connectivity index (χ4n) is 3.84. The van der Waals surface area contributed by atoms with Gasteiger partial charge in [-0.25, -0.2) is 4.98 Å². The van der Waals surface area contributed by atoms with Gasteiger partial charge in [0.2, 0.25) is 5.91 Å². The Bertz CT molecular complexity index is 1070. The van der Waals surface area contributed by atoms with Crippen LogP contribution in [0.25, 0.3) is 10.6 Å². The van der Waals surface area contributed by atoms with E-state index in [1.54, 1.807) is 11.3 Å². The Labute approximate surface area is 187 Å². The number of aromatic nitrogens is 1. The van der Waals surface area contributed by atoms with Gasteiger partial charge >= 0.3 is 0 Å². The molecule has 1 aliphatic rings. The quantitative estimate of drug-likeness (QED) is 0.597. The molecule has 158 valence electrons. The SMILES string of the molecule is CCc1ccc(-c2nc(CC(=O)N3CCCN(c4ccc(C#N)cc4)CC3)cs2)cc1. The molecule has 0 unspecified atom stereocenters. The minimum atomic E-state index is 0.139. The van der Waals surface area contributed by atoms with Crippen molar-refractivity contribution in [2.75, 3.05) is 31.1 Å². The Morgan fingerprint density at radius 2 is 1.84 bits per heavy atom. The van der Waals surface area contributed by atoms with E-state index < -0.39 is 0 Å². The van der Waals surface area contributed by atoms with Gasteiger partial charge in [-0.3, -0.25) is 4.79 Å². The zero-order valence-corrected chi connectivity index (χ0v) is 18.6. The molecule has 1 aromatic heterocycles. The van der Waals surface area contributed by atoms with E-state index in [4.69, 9.17) is 10.2 Å².